The molecule has 7 nitrogen and oxygen atoms in total. The lowest BCUT2D eigenvalue weighted by atomic mass is 10.1. The average Bonchev–Trinajstić information content (AvgIpc) is 3.14. The fourth-order valence-corrected chi connectivity index (χ4v) is 3.15. The number of aromatic nitrogens is 1. The molecule has 0 fully saturated rings. The molecule has 160 valence electrons. The van der Waals surface area contributed by atoms with Crippen molar-refractivity contribution in [1.29, 1.82) is 0 Å². The Morgan fingerprint density at radius 1 is 1.10 bits per heavy atom. The van der Waals surface area contributed by atoms with E-state index < -0.39 is 18.5 Å². The summed E-state index contributed by atoms with van der Waals surface area (Å²) < 4.78 is 5.15. The second kappa shape index (κ2) is 9.75. The van der Waals surface area contributed by atoms with Crippen LogP contribution in [-0.4, -0.2) is 29.2 Å². The predicted octanol–water partition coefficient (Wildman–Crippen LogP) is 3.66. The number of carbonyl (C=O) groups is 2. The summed E-state index contributed by atoms with van der Waals surface area (Å²) in [5.41, 5.74) is 10.9. The molecule has 0 radical (unpaired) electrons. The van der Waals surface area contributed by atoms with Crippen LogP contribution in [0.2, 0.25) is 0 Å². The van der Waals surface area contributed by atoms with Crippen molar-refractivity contribution in [3.63, 3.8) is 0 Å². The van der Waals surface area contributed by atoms with Crippen LogP contribution in [0, 0.1) is 6.92 Å². The Hall–Kier alpha value is -3.87. The van der Waals surface area contributed by atoms with Crippen LogP contribution in [-0.2, 0) is 20.7 Å². The van der Waals surface area contributed by atoms with Crippen LogP contribution in [0.5, 0.6) is 0 Å². The summed E-state index contributed by atoms with van der Waals surface area (Å²) >= 11 is 0. The van der Waals surface area contributed by atoms with E-state index in [1.165, 1.54) is 0 Å². The topological polar surface area (TPSA) is 110 Å². The van der Waals surface area contributed by atoms with Crippen LogP contribution >= 0.6 is 0 Å². The van der Waals surface area contributed by atoms with Gasteiger partial charge in [-0.05, 0) is 44.5 Å². The zero-order valence-electron chi connectivity index (χ0n) is 17.9. The van der Waals surface area contributed by atoms with Crippen molar-refractivity contribution in [3.05, 3.63) is 77.2 Å². The second-order valence-corrected chi connectivity index (χ2v) is 7.34. The molecule has 0 aliphatic heterocycles. The molecule has 1 aromatic heterocycles. The predicted molar refractivity (Wildman–Crippen MR) is 122 cm³/mol. The molecule has 0 atom stereocenters. The van der Waals surface area contributed by atoms with Crippen LogP contribution < -0.4 is 11.1 Å². The standard InChI is InChI=1S/C24H26N4O3/c1-15-8-10-19(11-9-15)27-17(3)24(16(2)25)28-22(29)14-31-23(30)12-18-13-26-21-7-5-4-6-20(18)21/h4-11,13,26H,12,14,25H2,1-3H3,(H,28,29). The van der Waals surface area contributed by atoms with E-state index >= 15 is 0 Å². The molecule has 1 amide bonds. The van der Waals surface area contributed by atoms with Gasteiger partial charge in [0.05, 0.1) is 23.5 Å². The second-order valence-electron chi connectivity index (χ2n) is 7.34. The Kier molecular flexibility index (Phi) is 6.87. The molecule has 0 bridgehead atoms. The van der Waals surface area contributed by atoms with Gasteiger partial charge in [0, 0.05) is 22.8 Å². The number of H-pyrrole nitrogens is 1. The zero-order chi connectivity index (χ0) is 22.4. The normalized spacial score (nSPS) is 12.4. The van der Waals surface area contributed by atoms with Crippen molar-refractivity contribution in [1.82, 2.24) is 10.3 Å². The number of ether oxygens (including phenoxy) is 1. The fraction of sp³-hybridized carbons (Fsp3) is 0.208. The number of para-hydroxylation sites is 1. The van der Waals surface area contributed by atoms with Gasteiger partial charge in [0.1, 0.15) is 0 Å². The maximum Gasteiger partial charge on any atom is 0.310 e. The number of benzene rings is 2. The summed E-state index contributed by atoms with van der Waals surface area (Å²) in [7, 11) is 0. The third-order valence-corrected chi connectivity index (χ3v) is 4.73. The zero-order valence-corrected chi connectivity index (χ0v) is 17.9. The smallest absolute Gasteiger partial charge is 0.310 e. The van der Waals surface area contributed by atoms with Crippen molar-refractivity contribution in [2.45, 2.75) is 27.2 Å². The van der Waals surface area contributed by atoms with E-state index in [0.717, 1.165) is 27.7 Å². The molecule has 4 N–H and O–H groups in total. The summed E-state index contributed by atoms with van der Waals surface area (Å²) in [5.74, 6) is -0.967. The fourth-order valence-electron chi connectivity index (χ4n) is 3.15. The number of allylic oxidation sites excluding steroid dienone is 2. The van der Waals surface area contributed by atoms with Crippen LogP contribution in [0.25, 0.3) is 10.9 Å². The molecular formula is C24H26N4O3. The number of aliphatic imine (C=N–C) groups is 1. The van der Waals surface area contributed by atoms with Gasteiger partial charge in [-0.3, -0.25) is 14.6 Å². The van der Waals surface area contributed by atoms with Gasteiger partial charge < -0.3 is 20.8 Å². The maximum atomic E-state index is 12.3. The Morgan fingerprint density at radius 2 is 1.81 bits per heavy atom. The third-order valence-electron chi connectivity index (χ3n) is 4.73. The Bertz CT molecular complexity index is 1150. The van der Waals surface area contributed by atoms with E-state index in [-0.39, 0.29) is 6.42 Å². The largest absolute Gasteiger partial charge is 0.455 e. The molecule has 3 aromatic rings. The van der Waals surface area contributed by atoms with E-state index in [0.29, 0.717) is 17.1 Å². The highest BCUT2D eigenvalue weighted by Crippen LogP contribution is 2.18. The number of nitrogens with one attached hydrogen (secondary N) is 2. The first-order chi connectivity index (χ1) is 14.8. The molecule has 0 saturated carbocycles. The van der Waals surface area contributed by atoms with Crippen molar-refractivity contribution in [2.24, 2.45) is 10.7 Å². The van der Waals surface area contributed by atoms with Crippen molar-refractivity contribution in [3.8, 4) is 0 Å². The van der Waals surface area contributed by atoms with Gasteiger partial charge in [-0.25, -0.2) is 0 Å². The monoisotopic (exact) mass is 418 g/mol. The third kappa shape index (κ3) is 5.82. The Balaban J connectivity index is 1.58. The lowest BCUT2D eigenvalue weighted by Crippen LogP contribution is -2.32. The lowest BCUT2D eigenvalue weighted by Gasteiger charge is -2.12. The molecule has 3 rings (SSSR count). The van der Waals surface area contributed by atoms with Crippen LogP contribution in [0.4, 0.5) is 5.69 Å². The van der Waals surface area contributed by atoms with Crippen molar-refractivity contribution >= 4 is 34.2 Å². The van der Waals surface area contributed by atoms with Gasteiger partial charge in [-0.15, -0.1) is 0 Å². The summed E-state index contributed by atoms with van der Waals surface area (Å²) in [6, 6.07) is 15.4. The Labute approximate surface area is 181 Å². The summed E-state index contributed by atoms with van der Waals surface area (Å²) in [4.78, 5) is 32.2. The Morgan fingerprint density at radius 3 is 2.52 bits per heavy atom. The molecule has 2 aromatic carbocycles. The highest BCUT2D eigenvalue weighted by Gasteiger charge is 2.14. The highest BCUT2D eigenvalue weighted by atomic mass is 16.5. The summed E-state index contributed by atoms with van der Waals surface area (Å²) in [6.07, 6.45) is 1.85. The highest BCUT2D eigenvalue weighted by molar-refractivity contribution is 6.03. The number of esters is 1. The maximum absolute atomic E-state index is 12.3. The number of rotatable bonds is 7. The molecule has 7 heteroatoms. The van der Waals surface area contributed by atoms with Crippen molar-refractivity contribution in [2.75, 3.05) is 6.61 Å². The van der Waals surface area contributed by atoms with E-state index in [4.69, 9.17) is 10.5 Å². The number of aromatic amines is 1. The number of hydrogen-bond donors (Lipinski definition) is 3. The number of aryl methyl sites for hydroxylation is 1. The number of carbonyl (C=O) groups excluding carboxylic acids is 2. The van der Waals surface area contributed by atoms with E-state index in [1.807, 2.05) is 55.5 Å². The van der Waals surface area contributed by atoms with Crippen LogP contribution in [0.1, 0.15) is 25.0 Å². The van der Waals surface area contributed by atoms with Crippen molar-refractivity contribution < 1.29 is 14.3 Å². The minimum absolute atomic E-state index is 0.0732. The number of nitrogens with two attached hydrogens (primary N) is 1. The van der Waals surface area contributed by atoms with Gasteiger partial charge in [-0.1, -0.05) is 35.9 Å². The molecule has 0 spiro atoms. The number of amides is 1. The summed E-state index contributed by atoms with van der Waals surface area (Å²) in [5, 5.41) is 3.65. The molecule has 1 heterocycles. The SMILES string of the molecule is CC(=Nc1ccc(C)cc1)C(NC(=O)COC(=O)Cc1c[nH]c2ccccc12)=C(C)N. The molecule has 31 heavy (non-hydrogen) atoms. The minimum atomic E-state index is -0.486. The van der Waals surface area contributed by atoms with Gasteiger partial charge in [-0.2, -0.15) is 0 Å². The first-order valence-electron chi connectivity index (χ1n) is 9.92. The number of hydrogen-bond acceptors (Lipinski definition) is 5. The average molecular weight is 418 g/mol. The van der Waals surface area contributed by atoms with E-state index in [9.17, 15) is 9.59 Å². The number of fused-ring (bicyclic) bond motifs is 1. The molecule has 0 saturated heterocycles. The van der Waals surface area contributed by atoms with Gasteiger partial charge in [0.2, 0.25) is 0 Å². The minimum Gasteiger partial charge on any atom is -0.455 e. The molecular weight excluding hydrogens is 392 g/mol. The lowest BCUT2D eigenvalue weighted by molar-refractivity contribution is -0.147. The first-order valence-corrected chi connectivity index (χ1v) is 9.92. The van der Waals surface area contributed by atoms with E-state index in [1.54, 1.807) is 20.0 Å². The van der Waals surface area contributed by atoms with Gasteiger partial charge in [0.25, 0.3) is 5.91 Å². The quantitative estimate of drug-likeness (QED) is 0.402. The van der Waals surface area contributed by atoms with Gasteiger partial charge >= 0.3 is 5.97 Å². The summed E-state index contributed by atoms with van der Waals surface area (Å²) in [6.45, 7) is 5.02. The van der Waals surface area contributed by atoms with Crippen LogP contribution in [0.3, 0.4) is 0 Å². The molecule has 0 aliphatic rings. The molecule has 0 unspecified atom stereocenters. The molecule has 0 aliphatic carbocycles. The van der Waals surface area contributed by atoms with Gasteiger partial charge in [0.15, 0.2) is 6.61 Å². The van der Waals surface area contributed by atoms with E-state index in [2.05, 4.69) is 15.3 Å². The van der Waals surface area contributed by atoms with Crippen LogP contribution in [0.15, 0.2) is 71.1 Å². The first kappa shape index (κ1) is 21.8. The number of nitrogens with zero attached hydrogens (tertiary/aromatic N) is 1.